The Balaban J connectivity index is 2.22. The van der Waals surface area contributed by atoms with Crippen molar-refractivity contribution in [1.29, 1.82) is 0 Å². The van der Waals surface area contributed by atoms with Crippen LogP contribution < -0.4 is 5.32 Å². The Labute approximate surface area is 120 Å². The molecule has 1 aliphatic rings. The van der Waals surface area contributed by atoms with Gasteiger partial charge in [0.05, 0.1) is 0 Å². The maximum atomic E-state index is 3.69. The lowest BCUT2D eigenvalue weighted by Crippen LogP contribution is -2.33. The molecular formula is C15H23NS2. The third kappa shape index (κ3) is 3.69. The molecule has 100 valence electrons. The summed E-state index contributed by atoms with van der Waals surface area (Å²) in [6, 6.07) is 7.46. The normalized spacial score (nSPS) is 21.8. The van der Waals surface area contributed by atoms with Gasteiger partial charge in [-0.15, -0.1) is 0 Å². The number of hydrogen-bond acceptors (Lipinski definition) is 3. The van der Waals surface area contributed by atoms with E-state index in [2.05, 4.69) is 67.8 Å². The predicted molar refractivity (Wildman–Crippen MR) is 85.9 cm³/mol. The van der Waals surface area contributed by atoms with E-state index in [1.165, 1.54) is 33.9 Å². The van der Waals surface area contributed by atoms with Crippen molar-refractivity contribution in [2.45, 2.75) is 32.1 Å². The monoisotopic (exact) mass is 281 g/mol. The van der Waals surface area contributed by atoms with E-state index < -0.39 is 0 Å². The van der Waals surface area contributed by atoms with E-state index in [4.69, 9.17) is 0 Å². The Morgan fingerprint density at radius 1 is 1.22 bits per heavy atom. The van der Waals surface area contributed by atoms with Crippen LogP contribution in [0.25, 0.3) is 0 Å². The molecule has 0 saturated carbocycles. The minimum Gasteiger partial charge on any atom is -0.309 e. The van der Waals surface area contributed by atoms with Crippen LogP contribution in [-0.4, -0.2) is 29.1 Å². The SMILES string of the molecule is CCNC(c1cc(C)cc(C)c1)C1CSCCS1. The van der Waals surface area contributed by atoms with Crippen LogP contribution in [0.15, 0.2) is 18.2 Å². The summed E-state index contributed by atoms with van der Waals surface area (Å²) in [6.07, 6.45) is 0. The summed E-state index contributed by atoms with van der Waals surface area (Å²) in [7, 11) is 0. The van der Waals surface area contributed by atoms with Crippen LogP contribution in [0.5, 0.6) is 0 Å². The molecule has 0 aliphatic carbocycles. The second-order valence-corrected chi connectivity index (χ2v) is 7.44. The van der Waals surface area contributed by atoms with Gasteiger partial charge in [-0.2, -0.15) is 23.5 Å². The first-order chi connectivity index (χ1) is 8.70. The molecule has 3 heteroatoms. The number of rotatable bonds is 4. The second kappa shape index (κ2) is 6.88. The summed E-state index contributed by atoms with van der Waals surface area (Å²) in [5, 5.41) is 4.40. The fourth-order valence-electron chi connectivity index (χ4n) is 2.57. The first-order valence-electron chi connectivity index (χ1n) is 6.71. The molecule has 1 N–H and O–H groups in total. The van der Waals surface area contributed by atoms with Crippen molar-refractivity contribution in [1.82, 2.24) is 5.32 Å². The van der Waals surface area contributed by atoms with Crippen molar-refractivity contribution in [2.75, 3.05) is 23.8 Å². The summed E-state index contributed by atoms with van der Waals surface area (Å²) in [5.74, 6) is 3.88. The summed E-state index contributed by atoms with van der Waals surface area (Å²) in [6.45, 7) is 7.64. The maximum Gasteiger partial charge on any atom is 0.0448 e. The summed E-state index contributed by atoms with van der Waals surface area (Å²) in [4.78, 5) is 0. The average molecular weight is 281 g/mol. The molecule has 0 aromatic heterocycles. The van der Waals surface area contributed by atoms with Crippen LogP contribution >= 0.6 is 23.5 Å². The zero-order valence-corrected chi connectivity index (χ0v) is 13.2. The van der Waals surface area contributed by atoms with Gasteiger partial charge in [0.25, 0.3) is 0 Å². The van der Waals surface area contributed by atoms with E-state index in [0.29, 0.717) is 11.3 Å². The fourth-order valence-corrected chi connectivity index (χ4v) is 5.44. The highest BCUT2D eigenvalue weighted by molar-refractivity contribution is 8.06. The van der Waals surface area contributed by atoms with Crippen LogP contribution in [0.3, 0.4) is 0 Å². The molecule has 0 spiro atoms. The fraction of sp³-hybridized carbons (Fsp3) is 0.600. The highest BCUT2D eigenvalue weighted by atomic mass is 32.2. The molecule has 1 aliphatic heterocycles. The van der Waals surface area contributed by atoms with Gasteiger partial charge in [0.1, 0.15) is 0 Å². The van der Waals surface area contributed by atoms with E-state index in [0.717, 1.165) is 6.54 Å². The predicted octanol–water partition coefficient (Wildman–Crippen LogP) is 3.80. The Morgan fingerprint density at radius 3 is 2.50 bits per heavy atom. The molecule has 1 fully saturated rings. The first-order valence-corrected chi connectivity index (χ1v) is 8.92. The maximum absolute atomic E-state index is 3.69. The van der Waals surface area contributed by atoms with E-state index >= 15 is 0 Å². The minimum absolute atomic E-state index is 0.506. The van der Waals surface area contributed by atoms with Crippen molar-refractivity contribution in [3.05, 3.63) is 34.9 Å². The number of aryl methyl sites for hydroxylation is 2. The molecule has 2 atom stereocenters. The van der Waals surface area contributed by atoms with Crippen LogP contribution in [0, 0.1) is 13.8 Å². The average Bonchev–Trinajstić information content (AvgIpc) is 2.36. The molecule has 2 unspecified atom stereocenters. The highest BCUT2D eigenvalue weighted by Gasteiger charge is 2.25. The Morgan fingerprint density at radius 2 is 1.94 bits per heavy atom. The van der Waals surface area contributed by atoms with E-state index in [-0.39, 0.29) is 0 Å². The molecule has 0 amide bonds. The van der Waals surface area contributed by atoms with Crippen molar-refractivity contribution >= 4 is 23.5 Å². The van der Waals surface area contributed by atoms with E-state index in [1.807, 2.05) is 0 Å². The summed E-state index contributed by atoms with van der Waals surface area (Å²) < 4.78 is 0. The zero-order valence-electron chi connectivity index (χ0n) is 11.5. The van der Waals surface area contributed by atoms with Crippen molar-refractivity contribution < 1.29 is 0 Å². The smallest absolute Gasteiger partial charge is 0.0448 e. The molecule has 1 aromatic carbocycles. The summed E-state index contributed by atoms with van der Waals surface area (Å²) in [5.41, 5.74) is 4.22. The standard InChI is InChI=1S/C15H23NS2/c1-4-16-15(14-10-17-5-6-18-14)13-8-11(2)7-12(3)9-13/h7-9,14-16H,4-6,10H2,1-3H3. The van der Waals surface area contributed by atoms with Crippen LogP contribution in [0.2, 0.25) is 0 Å². The largest absolute Gasteiger partial charge is 0.309 e. The van der Waals surface area contributed by atoms with Gasteiger partial charge in [0.15, 0.2) is 0 Å². The third-order valence-corrected chi connectivity index (χ3v) is 6.10. The summed E-state index contributed by atoms with van der Waals surface area (Å²) >= 11 is 4.23. The van der Waals surface area contributed by atoms with Crippen LogP contribution in [0.1, 0.15) is 29.7 Å². The molecule has 18 heavy (non-hydrogen) atoms. The molecular weight excluding hydrogens is 258 g/mol. The van der Waals surface area contributed by atoms with Gasteiger partial charge in [-0.25, -0.2) is 0 Å². The zero-order chi connectivity index (χ0) is 13.0. The molecule has 1 aromatic rings. The van der Waals surface area contributed by atoms with Crippen LogP contribution in [0.4, 0.5) is 0 Å². The van der Waals surface area contributed by atoms with Gasteiger partial charge >= 0.3 is 0 Å². The lowest BCUT2D eigenvalue weighted by Gasteiger charge is -2.31. The van der Waals surface area contributed by atoms with Gasteiger partial charge in [-0.3, -0.25) is 0 Å². The van der Waals surface area contributed by atoms with E-state index in [1.54, 1.807) is 0 Å². The van der Waals surface area contributed by atoms with Gasteiger partial charge in [0, 0.05) is 28.6 Å². The Bertz CT molecular complexity index is 366. The van der Waals surface area contributed by atoms with Gasteiger partial charge in [-0.1, -0.05) is 36.2 Å². The van der Waals surface area contributed by atoms with E-state index in [9.17, 15) is 0 Å². The Hall–Kier alpha value is -0.120. The molecule has 1 heterocycles. The van der Waals surface area contributed by atoms with Gasteiger partial charge < -0.3 is 5.32 Å². The molecule has 0 bridgehead atoms. The molecule has 1 nitrogen and oxygen atoms in total. The number of nitrogens with one attached hydrogen (secondary N) is 1. The van der Waals surface area contributed by atoms with Gasteiger partial charge in [0.2, 0.25) is 0 Å². The lowest BCUT2D eigenvalue weighted by atomic mass is 9.99. The molecule has 0 radical (unpaired) electrons. The van der Waals surface area contributed by atoms with Crippen molar-refractivity contribution in [3.63, 3.8) is 0 Å². The number of thioether (sulfide) groups is 2. The van der Waals surface area contributed by atoms with Crippen LogP contribution in [-0.2, 0) is 0 Å². The molecule has 1 saturated heterocycles. The highest BCUT2D eigenvalue weighted by Crippen LogP contribution is 2.34. The third-order valence-electron chi connectivity index (χ3n) is 3.24. The topological polar surface area (TPSA) is 12.0 Å². The molecule has 2 rings (SSSR count). The number of benzene rings is 1. The van der Waals surface area contributed by atoms with Gasteiger partial charge in [-0.05, 0) is 26.0 Å². The van der Waals surface area contributed by atoms with Crippen molar-refractivity contribution in [3.8, 4) is 0 Å². The second-order valence-electron chi connectivity index (χ2n) is 4.94. The number of hydrogen-bond donors (Lipinski definition) is 1. The Kier molecular flexibility index (Phi) is 5.46. The van der Waals surface area contributed by atoms with Crippen molar-refractivity contribution in [2.24, 2.45) is 0 Å². The first kappa shape index (κ1) is 14.3. The lowest BCUT2D eigenvalue weighted by molar-refractivity contribution is 0.550. The quantitative estimate of drug-likeness (QED) is 0.901. The minimum atomic E-state index is 0.506.